The van der Waals surface area contributed by atoms with Gasteiger partial charge in [0, 0.05) is 25.0 Å². The Kier molecular flexibility index (Phi) is 7.50. The highest BCUT2D eigenvalue weighted by Crippen LogP contribution is 2.17. The van der Waals surface area contributed by atoms with E-state index in [1.807, 2.05) is 0 Å². The van der Waals surface area contributed by atoms with E-state index in [2.05, 4.69) is 30.1 Å². The van der Waals surface area contributed by atoms with Crippen molar-refractivity contribution < 1.29 is 4.79 Å². The van der Waals surface area contributed by atoms with Gasteiger partial charge in [-0.3, -0.25) is 9.69 Å². The van der Waals surface area contributed by atoms with Crippen molar-refractivity contribution in [3.05, 3.63) is 0 Å². The lowest BCUT2D eigenvalue weighted by atomic mass is 10.1. The van der Waals surface area contributed by atoms with E-state index in [0.29, 0.717) is 31.6 Å². The van der Waals surface area contributed by atoms with E-state index >= 15 is 0 Å². The Labute approximate surface area is 117 Å². The lowest BCUT2D eigenvalue weighted by molar-refractivity contribution is -0.123. The number of hydrogen-bond donors (Lipinski definition) is 1. The van der Waals surface area contributed by atoms with Crippen molar-refractivity contribution >= 4 is 5.91 Å². The minimum atomic E-state index is 0.110. The minimum absolute atomic E-state index is 0.110. The highest BCUT2D eigenvalue weighted by Gasteiger charge is 2.18. The van der Waals surface area contributed by atoms with Crippen LogP contribution in [0.25, 0.3) is 0 Å². The highest BCUT2D eigenvalue weighted by atomic mass is 16.2. The molecule has 1 fully saturated rings. The number of rotatable bonds is 6. The fraction of sp³-hybridized carbons (Fsp3) is 0.867. The van der Waals surface area contributed by atoms with Crippen molar-refractivity contribution in [2.24, 2.45) is 0 Å². The molecule has 0 aromatic rings. The Morgan fingerprint density at radius 3 is 2.47 bits per heavy atom. The standard InChI is InChI=1S/C15H27N3O/c1-13(2)18(11-7-10-16)12-15(19)17-14-8-5-3-4-6-9-14/h13-14H,3-9,11-12H2,1-2H3,(H,17,19). The van der Waals surface area contributed by atoms with Gasteiger partial charge in [0.1, 0.15) is 0 Å². The van der Waals surface area contributed by atoms with Gasteiger partial charge in [0.2, 0.25) is 5.91 Å². The van der Waals surface area contributed by atoms with E-state index in [1.165, 1.54) is 25.7 Å². The molecule has 0 aromatic carbocycles. The molecule has 4 nitrogen and oxygen atoms in total. The predicted molar refractivity (Wildman–Crippen MR) is 76.6 cm³/mol. The summed E-state index contributed by atoms with van der Waals surface area (Å²) >= 11 is 0. The van der Waals surface area contributed by atoms with Crippen LogP contribution in [0.3, 0.4) is 0 Å². The van der Waals surface area contributed by atoms with Crippen LogP contribution in [-0.2, 0) is 4.79 Å². The van der Waals surface area contributed by atoms with Crippen molar-refractivity contribution in [2.45, 2.75) is 70.9 Å². The third-order valence-electron chi connectivity index (χ3n) is 3.81. The zero-order chi connectivity index (χ0) is 14.1. The van der Waals surface area contributed by atoms with Crippen LogP contribution in [0.5, 0.6) is 0 Å². The summed E-state index contributed by atoms with van der Waals surface area (Å²) < 4.78 is 0. The fourth-order valence-electron chi connectivity index (χ4n) is 2.59. The van der Waals surface area contributed by atoms with Crippen LogP contribution in [0.1, 0.15) is 58.8 Å². The molecular formula is C15H27N3O. The maximum atomic E-state index is 12.1. The average molecular weight is 265 g/mol. The first-order valence-electron chi connectivity index (χ1n) is 7.54. The number of hydrogen-bond acceptors (Lipinski definition) is 3. The van der Waals surface area contributed by atoms with E-state index in [4.69, 9.17) is 5.26 Å². The number of amides is 1. The molecular weight excluding hydrogens is 238 g/mol. The van der Waals surface area contributed by atoms with Crippen LogP contribution in [0.15, 0.2) is 0 Å². The molecule has 108 valence electrons. The topological polar surface area (TPSA) is 56.1 Å². The normalized spacial score (nSPS) is 17.2. The first kappa shape index (κ1) is 16.0. The van der Waals surface area contributed by atoms with E-state index < -0.39 is 0 Å². The molecule has 0 spiro atoms. The second-order valence-electron chi connectivity index (χ2n) is 5.73. The Morgan fingerprint density at radius 2 is 1.95 bits per heavy atom. The van der Waals surface area contributed by atoms with Crippen molar-refractivity contribution in [2.75, 3.05) is 13.1 Å². The van der Waals surface area contributed by atoms with Crippen LogP contribution < -0.4 is 5.32 Å². The number of carbonyl (C=O) groups is 1. The summed E-state index contributed by atoms with van der Waals surface area (Å²) in [6.07, 6.45) is 7.77. The summed E-state index contributed by atoms with van der Waals surface area (Å²) in [5, 5.41) is 11.8. The molecule has 0 aromatic heterocycles. The van der Waals surface area contributed by atoms with Gasteiger partial charge in [-0.25, -0.2) is 0 Å². The highest BCUT2D eigenvalue weighted by molar-refractivity contribution is 5.78. The summed E-state index contributed by atoms with van der Waals surface area (Å²) in [7, 11) is 0. The van der Waals surface area contributed by atoms with Crippen LogP contribution in [0.2, 0.25) is 0 Å². The quantitative estimate of drug-likeness (QED) is 0.751. The maximum absolute atomic E-state index is 12.1. The average Bonchev–Trinajstić information content (AvgIpc) is 2.62. The van der Waals surface area contributed by atoms with Gasteiger partial charge in [0.15, 0.2) is 0 Å². The molecule has 0 bridgehead atoms. The minimum Gasteiger partial charge on any atom is -0.352 e. The van der Waals surface area contributed by atoms with Crippen LogP contribution in [0.4, 0.5) is 0 Å². The van der Waals surface area contributed by atoms with Gasteiger partial charge >= 0.3 is 0 Å². The van der Waals surface area contributed by atoms with E-state index in [0.717, 1.165) is 12.8 Å². The van der Waals surface area contributed by atoms with E-state index in [1.54, 1.807) is 0 Å². The molecule has 1 aliphatic rings. The molecule has 1 aliphatic carbocycles. The van der Waals surface area contributed by atoms with Gasteiger partial charge in [-0.15, -0.1) is 0 Å². The van der Waals surface area contributed by atoms with Crippen molar-refractivity contribution in [1.82, 2.24) is 10.2 Å². The monoisotopic (exact) mass is 265 g/mol. The third kappa shape index (κ3) is 6.58. The molecule has 4 heteroatoms. The van der Waals surface area contributed by atoms with Gasteiger partial charge < -0.3 is 5.32 Å². The van der Waals surface area contributed by atoms with E-state index in [9.17, 15) is 4.79 Å². The largest absolute Gasteiger partial charge is 0.352 e. The second-order valence-corrected chi connectivity index (χ2v) is 5.73. The van der Waals surface area contributed by atoms with Gasteiger partial charge in [-0.1, -0.05) is 25.7 Å². The summed E-state index contributed by atoms with van der Waals surface area (Å²) in [6.45, 7) is 5.22. The molecule has 0 heterocycles. The predicted octanol–water partition coefficient (Wildman–Crippen LogP) is 2.45. The van der Waals surface area contributed by atoms with Crippen molar-refractivity contribution in [3.63, 3.8) is 0 Å². The SMILES string of the molecule is CC(C)N(CCC#N)CC(=O)NC1CCCCCC1. The van der Waals surface area contributed by atoms with Crippen molar-refractivity contribution in [3.8, 4) is 6.07 Å². The summed E-state index contributed by atoms with van der Waals surface area (Å²) in [4.78, 5) is 14.1. The van der Waals surface area contributed by atoms with Gasteiger partial charge in [-0.2, -0.15) is 5.26 Å². The second kappa shape index (κ2) is 8.92. The van der Waals surface area contributed by atoms with E-state index in [-0.39, 0.29) is 5.91 Å². The maximum Gasteiger partial charge on any atom is 0.234 e. The molecule has 1 saturated carbocycles. The molecule has 1 N–H and O–H groups in total. The number of nitrogens with zero attached hydrogens (tertiary/aromatic N) is 2. The zero-order valence-electron chi connectivity index (χ0n) is 12.3. The van der Waals surface area contributed by atoms with Crippen LogP contribution in [0, 0.1) is 11.3 Å². The molecule has 1 rings (SSSR count). The summed E-state index contributed by atoms with van der Waals surface area (Å²) in [5.41, 5.74) is 0. The lowest BCUT2D eigenvalue weighted by Crippen LogP contribution is -2.44. The Balaban J connectivity index is 2.36. The third-order valence-corrected chi connectivity index (χ3v) is 3.81. The number of carbonyl (C=O) groups excluding carboxylic acids is 1. The molecule has 0 aliphatic heterocycles. The molecule has 19 heavy (non-hydrogen) atoms. The molecule has 1 amide bonds. The molecule has 0 atom stereocenters. The Morgan fingerprint density at radius 1 is 1.32 bits per heavy atom. The zero-order valence-corrected chi connectivity index (χ0v) is 12.3. The Bertz CT molecular complexity index is 301. The fourth-order valence-corrected chi connectivity index (χ4v) is 2.59. The first-order chi connectivity index (χ1) is 9.13. The van der Waals surface area contributed by atoms with Crippen LogP contribution in [-0.4, -0.2) is 36.0 Å². The molecule has 0 saturated heterocycles. The lowest BCUT2D eigenvalue weighted by Gasteiger charge is -2.26. The smallest absolute Gasteiger partial charge is 0.234 e. The van der Waals surface area contributed by atoms with Gasteiger partial charge in [-0.05, 0) is 26.7 Å². The number of nitriles is 1. The van der Waals surface area contributed by atoms with Crippen LogP contribution >= 0.6 is 0 Å². The summed E-state index contributed by atoms with van der Waals surface area (Å²) in [5.74, 6) is 0.110. The molecule has 0 unspecified atom stereocenters. The number of nitrogens with one attached hydrogen (secondary N) is 1. The summed E-state index contributed by atoms with van der Waals surface area (Å²) in [6, 6.07) is 2.80. The first-order valence-corrected chi connectivity index (χ1v) is 7.54. The van der Waals surface area contributed by atoms with Gasteiger partial charge in [0.25, 0.3) is 0 Å². The van der Waals surface area contributed by atoms with Gasteiger partial charge in [0.05, 0.1) is 12.6 Å². The molecule has 0 radical (unpaired) electrons. The Hall–Kier alpha value is -1.08. The van der Waals surface area contributed by atoms with Crippen molar-refractivity contribution in [1.29, 1.82) is 5.26 Å².